The summed E-state index contributed by atoms with van der Waals surface area (Å²) < 4.78 is 0. The van der Waals surface area contributed by atoms with E-state index in [0.717, 1.165) is 29.5 Å². The molecule has 2 fully saturated rings. The van der Waals surface area contributed by atoms with Gasteiger partial charge in [-0.2, -0.15) is 0 Å². The Labute approximate surface area is 115 Å². The van der Waals surface area contributed by atoms with Gasteiger partial charge in [0.15, 0.2) is 0 Å². The van der Waals surface area contributed by atoms with E-state index in [1.54, 1.807) is 0 Å². The summed E-state index contributed by atoms with van der Waals surface area (Å²) in [7, 11) is 0. The van der Waals surface area contributed by atoms with E-state index in [9.17, 15) is 5.11 Å². The van der Waals surface area contributed by atoms with Crippen LogP contribution in [-0.2, 0) is 6.61 Å². The third kappa shape index (κ3) is 3.08. The fourth-order valence-electron chi connectivity index (χ4n) is 2.52. The predicted molar refractivity (Wildman–Crippen MR) is 77.3 cm³/mol. The first kappa shape index (κ1) is 12.9. The number of rotatable bonds is 6. The maximum Gasteiger partial charge on any atom is 0.129 e. The van der Waals surface area contributed by atoms with Gasteiger partial charge < -0.3 is 10.0 Å². The molecule has 0 amide bonds. The van der Waals surface area contributed by atoms with Crippen LogP contribution in [0.1, 0.15) is 56.7 Å². The van der Waals surface area contributed by atoms with Gasteiger partial charge in [-0.15, -0.1) is 0 Å². The maximum absolute atomic E-state index is 9.45. The highest BCUT2D eigenvalue weighted by Crippen LogP contribution is 2.37. The van der Waals surface area contributed by atoms with Crippen LogP contribution >= 0.6 is 0 Å². The molecule has 3 rings (SSSR count). The van der Waals surface area contributed by atoms with Gasteiger partial charge in [0.25, 0.3) is 0 Å². The molecule has 2 aliphatic carbocycles. The molecule has 1 aromatic heterocycles. The smallest absolute Gasteiger partial charge is 0.129 e. The molecule has 0 bridgehead atoms. The molecule has 3 heteroatoms. The van der Waals surface area contributed by atoms with Crippen LogP contribution < -0.4 is 4.90 Å². The minimum atomic E-state index is 0.108. The maximum atomic E-state index is 9.45. The Morgan fingerprint density at radius 3 is 2.53 bits per heavy atom. The normalized spacial score (nSPS) is 18.9. The Hall–Kier alpha value is -1.09. The lowest BCUT2D eigenvalue weighted by Gasteiger charge is -2.25. The molecule has 0 aromatic carbocycles. The van der Waals surface area contributed by atoms with Crippen molar-refractivity contribution in [1.29, 1.82) is 0 Å². The SMILES string of the molecule is CC(C)c1cc(CO)cc(N(CC2CC2)C2CC2)n1. The van der Waals surface area contributed by atoms with Crippen molar-refractivity contribution in [2.24, 2.45) is 5.92 Å². The highest BCUT2D eigenvalue weighted by molar-refractivity contribution is 5.46. The van der Waals surface area contributed by atoms with Gasteiger partial charge in [-0.3, -0.25) is 0 Å². The Bertz CT molecular complexity index is 450. The standard InChI is InChI=1S/C16H24N2O/c1-11(2)15-7-13(10-19)8-16(17-15)18(14-5-6-14)9-12-3-4-12/h7-8,11-12,14,19H,3-6,9-10H2,1-2H3. The monoisotopic (exact) mass is 260 g/mol. The second-order valence-corrected chi connectivity index (χ2v) is 6.40. The van der Waals surface area contributed by atoms with Crippen molar-refractivity contribution in [3.63, 3.8) is 0 Å². The molecule has 0 atom stereocenters. The first-order valence-electron chi connectivity index (χ1n) is 7.55. The van der Waals surface area contributed by atoms with Gasteiger partial charge >= 0.3 is 0 Å². The second kappa shape index (κ2) is 5.12. The number of anilines is 1. The molecule has 0 saturated heterocycles. The molecule has 104 valence electrons. The summed E-state index contributed by atoms with van der Waals surface area (Å²) in [5.41, 5.74) is 2.10. The number of hydrogen-bond donors (Lipinski definition) is 1. The van der Waals surface area contributed by atoms with Gasteiger partial charge in [-0.05, 0) is 55.2 Å². The van der Waals surface area contributed by atoms with Crippen molar-refractivity contribution in [3.05, 3.63) is 23.4 Å². The molecule has 0 unspecified atom stereocenters. The third-order valence-electron chi connectivity index (χ3n) is 4.10. The van der Waals surface area contributed by atoms with E-state index in [1.165, 1.54) is 25.7 Å². The highest BCUT2D eigenvalue weighted by Gasteiger charge is 2.34. The Balaban J connectivity index is 1.89. The van der Waals surface area contributed by atoms with Crippen LogP contribution in [0.2, 0.25) is 0 Å². The van der Waals surface area contributed by atoms with Gasteiger partial charge in [0.05, 0.1) is 6.61 Å². The van der Waals surface area contributed by atoms with Crippen molar-refractivity contribution in [3.8, 4) is 0 Å². The minimum Gasteiger partial charge on any atom is -0.392 e. The molecular formula is C16H24N2O. The van der Waals surface area contributed by atoms with Crippen LogP contribution in [0.3, 0.4) is 0 Å². The van der Waals surface area contributed by atoms with E-state index in [1.807, 2.05) is 6.07 Å². The van der Waals surface area contributed by atoms with E-state index >= 15 is 0 Å². The molecule has 1 N–H and O–H groups in total. The molecule has 0 spiro atoms. The summed E-state index contributed by atoms with van der Waals surface area (Å²) in [4.78, 5) is 7.33. The first-order valence-corrected chi connectivity index (χ1v) is 7.55. The van der Waals surface area contributed by atoms with E-state index in [4.69, 9.17) is 4.98 Å². The third-order valence-corrected chi connectivity index (χ3v) is 4.10. The van der Waals surface area contributed by atoms with E-state index in [-0.39, 0.29) is 6.61 Å². The molecule has 19 heavy (non-hydrogen) atoms. The van der Waals surface area contributed by atoms with Crippen LogP contribution in [-0.4, -0.2) is 22.7 Å². The summed E-state index contributed by atoms with van der Waals surface area (Å²) in [6.45, 7) is 5.59. The summed E-state index contributed by atoms with van der Waals surface area (Å²) in [5.74, 6) is 2.37. The fourth-order valence-corrected chi connectivity index (χ4v) is 2.52. The van der Waals surface area contributed by atoms with Gasteiger partial charge in [0, 0.05) is 18.3 Å². The number of pyridine rings is 1. The van der Waals surface area contributed by atoms with E-state index in [0.29, 0.717) is 12.0 Å². The molecule has 3 nitrogen and oxygen atoms in total. The number of nitrogens with zero attached hydrogens (tertiary/aromatic N) is 2. The van der Waals surface area contributed by atoms with Crippen molar-refractivity contribution in [1.82, 2.24) is 4.98 Å². The van der Waals surface area contributed by atoms with E-state index in [2.05, 4.69) is 24.8 Å². The summed E-state index contributed by atoms with van der Waals surface area (Å²) >= 11 is 0. The average Bonchev–Trinajstić information content (AvgIpc) is 3.27. The lowest BCUT2D eigenvalue weighted by molar-refractivity contribution is 0.281. The summed E-state index contributed by atoms with van der Waals surface area (Å²) in [5, 5.41) is 9.45. The van der Waals surface area contributed by atoms with Gasteiger partial charge in [0.2, 0.25) is 0 Å². The van der Waals surface area contributed by atoms with Crippen molar-refractivity contribution >= 4 is 5.82 Å². The Morgan fingerprint density at radius 2 is 2.00 bits per heavy atom. The molecule has 1 heterocycles. The van der Waals surface area contributed by atoms with Crippen molar-refractivity contribution in [2.75, 3.05) is 11.4 Å². The summed E-state index contributed by atoms with van der Waals surface area (Å²) in [6, 6.07) is 4.81. The predicted octanol–water partition coefficient (Wildman–Crippen LogP) is 3.08. The average molecular weight is 260 g/mol. The molecule has 0 aliphatic heterocycles. The van der Waals surface area contributed by atoms with Gasteiger partial charge in [0.1, 0.15) is 5.82 Å². The minimum absolute atomic E-state index is 0.108. The zero-order chi connectivity index (χ0) is 13.4. The molecule has 2 aliphatic rings. The Kier molecular flexibility index (Phi) is 3.48. The van der Waals surface area contributed by atoms with Crippen molar-refractivity contribution < 1.29 is 5.11 Å². The summed E-state index contributed by atoms with van der Waals surface area (Å²) in [6.07, 6.45) is 5.35. The van der Waals surface area contributed by atoms with Crippen LogP contribution in [0.4, 0.5) is 5.82 Å². The van der Waals surface area contributed by atoms with Crippen molar-refractivity contribution in [2.45, 2.75) is 58.1 Å². The van der Waals surface area contributed by atoms with Crippen LogP contribution in [0.5, 0.6) is 0 Å². The number of aliphatic hydroxyl groups is 1. The molecule has 0 radical (unpaired) electrons. The fraction of sp³-hybridized carbons (Fsp3) is 0.688. The molecule has 1 aromatic rings. The number of aliphatic hydroxyl groups excluding tert-OH is 1. The Morgan fingerprint density at radius 1 is 1.26 bits per heavy atom. The van der Waals surface area contributed by atoms with Crippen LogP contribution in [0.25, 0.3) is 0 Å². The van der Waals surface area contributed by atoms with Gasteiger partial charge in [-0.1, -0.05) is 13.8 Å². The number of hydrogen-bond acceptors (Lipinski definition) is 3. The quantitative estimate of drug-likeness (QED) is 0.854. The van der Waals surface area contributed by atoms with Crippen LogP contribution in [0, 0.1) is 5.92 Å². The second-order valence-electron chi connectivity index (χ2n) is 6.40. The van der Waals surface area contributed by atoms with E-state index < -0.39 is 0 Å². The topological polar surface area (TPSA) is 36.4 Å². The zero-order valence-electron chi connectivity index (χ0n) is 12.0. The molecular weight excluding hydrogens is 236 g/mol. The highest BCUT2D eigenvalue weighted by atomic mass is 16.3. The van der Waals surface area contributed by atoms with Crippen LogP contribution in [0.15, 0.2) is 12.1 Å². The zero-order valence-corrected chi connectivity index (χ0v) is 12.0. The van der Waals surface area contributed by atoms with Gasteiger partial charge in [-0.25, -0.2) is 4.98 Å². The first-order chi connectivity index (χ1) is 9.17. The number of aromatic nitrogens is 1. The lowest BCUT2D eigenvalue weighted by Crippen LogP contribution is -2.29. The lowest BCUT2D eigenvalue weighted by atomic mass is 10.1. The largest absolute Gasteiger partial charge is 0.392 e. The molecule has 2 saturated carbocycles.